The summed E-state index contributed by atoms with van der Waals surface area (Å²) >= 11 is 0. The van der Waals surface area contributed by atoms with Gasteiger partial charge < -0.3 is 29.9 Å². The van der Waals surface area contributed by atoms with Gasteiger partial charge in [-0.25, -0.2) is 0 Å². The minimum Gasteiger partial charge on any atom is -0.394 e. The van der Waals surface area contributed by atoms with E-state index in [1.54, 1.807) is 12.4 Å². The van der Waals surface area contributed by atoms with Crippen molar-refractivity contribution in [3.05, 3.63) is 23.5 Å². The zero-order chi connectivity index (χ0) is 16.1. The SMILES string of the molecule is CCc1cnncc1CCO[C@@H]1O[C@H](CO)[C@@H](O)[C@H](O)[C@H]1O. The molecule has 0 amide bonds. The number of aliphatic hydroxyl groups is 4. The van der Waals surface area contributed by atoms with Crippen molar-refractivity contribution in [3.63, 3.8) is 0 Å². The molecule has 0 bridgehead atoms. The predicted molar refractivity (Wildman–Crippen MR) is 74.8 cm³/mol. The number of rotatable bonds is 6. The van der Waals surface area contributed by atoms with E-state index in [1.807, 2.05) is 6.92 Å². The Morgan fingerprint density at radius 2 is 1.77 bits per heavy atom. The Kier molecular flexibility index (Phi) is 6.18. The average Bonchev–Trinajstić information content (AvgIpc) is 2.55. The molecule has 1 fully saturated rings. The van der Waals surface area contributed by atoms with Crippen molar-refractivity contribution in [1.82, 2.24) is 10.2 Å². The van der Waals surface area contributed by atoms with E-state index >= 15 is 0 Å². The van der Waals surface area contributed by atoms with Gasteiger partial charge in [-0.15, -0.1) is 0 Å². The molecule has 0 spiro atoms. The molecule has 0 aliphatic carbocycles. The molecule has 8 heteroatoms. The first-order valence-electron chi connectivity index (χ1n) is 7.29. The highest BCUT2D eigenvalue weighted by Crippen LogP contribution is 2.22. The van der Waals surface area contributed by atoms with Gasteiger partial charge in [-0.2, -0.15) is 10.2 Å². The lowest BCUT2D eigenvalue weighted by Gasteiger charge is -2.39. The first-order chi connectivity index (χ1) is 10.6. The van der Waals surface area contributed by atoms with Crippen LogP contribution in [0.25, 0.3) is 0 Å². The van der Waals surface area contributed by atoms with Crippen LogP contribution in [0.1, 0.15) is 18.1 Å². The summed E-state index contributed by atoms with van der Waals surface area (Å²) in [6, 6.07) is 0. The third kappa shape index (κ3) is 3.78. The largest absolute Gasteiger partial charge is 0.394 e. The van der Waals surface area contributed by atoms with Gasteiger partial charge in [0.2, 0.25) is 0 Å². The number of aliphatic hydroxyl groups excluding tert-OH is 4. The number of nitrogens with zero attached hydrogens (tertiary/aromatic N) is 2. The molecule has 0 unspecified atom stereocenters. The molecule has 22 heavy (non-hydrogen) atoms. The molecule has 8 nitrogen and oxygen atoms in total. The summed E-state index contributed by atoms with van der Waals surface area (Å²) in [5.74, 6) is 0. The average molecular weight is 314 g/mol. The van der Waals surface area contributed by atoms with Crippen molar-refractivity contribution in [2.75, 3.05) is 13.2 Å². The Bertz CT molecular complexity index is 472. The topological polar surface area (TPSA) is 125 Å². The van der Waals surface area contributed by atoms with Crippen LogP contribution in [0.2, 0.25) is 0 Å². The Morgan fingerprint density at radius 1 is 1.09 bits per heavy atom. The minimum atomic E-state index is -1.43. The summed E-state index contributed by atoms with van der Waals surface area (Å²) in [6.45, 7) is 1.78. The van der Waals surface area contributed by atoms with Gasteiger partial charge in [0.25, 0.3) is 0 Å². The van der Waals surface area contributed by atoms with Crippen LogP contribution in [0.3, 0.4) is 0 Å². The third-order valence-electron chi connectivity index (χ3n) is 3.79. The Morgan fingerprint density at radius 3 is 2.41 bits per heavy atom. The summed E-state index contributed by atoms with van der Waals surface area (Å²) in [6.07, 6.45) is -1.51. The van der Waals surface area contributed by atoms with Crippen LogP contribution in [-0.4, -0.2) is 74.5 Å². The molecule has 1 saturated heterocycles. The normalized spacial score (nSPS) is 32.1. The van der Waals surface area contributed by atoms with E-state index in [4.69, 9.17) is 14.6 Å². The minimum absolute atomic E-state index is 0.237. The van der Waals surface area contributed by atoms with Gasteiger partial charge in [-0.1, -0.05) is 6.92 Å². The fourth-order valence-corrected chi connectivity index (χ4v) is 2.41. The standard InChI is InChI=1S/C14H22N2O6/c1-2-8-5-15-16-6-9(8)3-4-21-14-13(20)12(19)11(18)10(7-17)22-14/h5-6,10-14,17-20H,2-4,7H2,1H3/t10-,11-,12+,13-,14-/m1/s1. The summed E-state index contributed by atoms with van der Waals surface area (Å²) < 4.78 is 10.7. The monoisotopic (exact) mass is 314 g/mol. The van der Waals surface area contributed by atoms with Crippen molar-refractivity contribution < 1.29 is 29.9 Å². The Hall–Kier alpha value is -1.16. The van der Waals surface area contributed by atoms with Gasteiger partial charge >= 0.3 is 0 Å². The molecule has 0 radical (unpaired) electrons. The van der Waals surface area contributed by atoms with Crippen LogP contribution >= 0.6 is 0 Å². The van der Waals surface area contributed by atoms with Crippen LogP contribution in [0.5, 0.6) is 0 Å². The number of ether oxygens (including phenoxy) is 2. The van der Waals surface area contributed by atoms with E-state index in [2.05, 4.69) is 10.2 Å². The second-order valence-corrected chi connectivity index (χ2v) is 5.21. The van der Waals surface area contributed by atoms with Crippen LogP contribution in [0, 0.1) is 0 Å². The van der Waals surface area contributed by atoms with Crippen LogP contribution < -0.4 is 0 Å². The van der Waals surface area contributed by atoms with Crippen molar-refractivity contribution in [2.24, 2.45) is 0 Å². The molecule has 1 aromatic rings. The van der Waals surface area contributed by atoms with Crippen molar-refractivity contribution in [2.45, 2.75) is 50.5 Å². The summed E-state index contributed by atoms with van der Waals surface area (Å²) in [5, 5.41) is 46.0. The number of hydrogen-bond acceptors (Lipinski definition) is 8. The smallest absolute Gasteiger partial charge is 0.186 e. The van der Waals surface area contributed by atoms with Crippen molar-refractivity contribution >= 4 is 0 Å². The zero-order valence-electron chi connectivity index (χ0n) is 12.4. The predicted octanol–water partition coefficient (Wildman–Crippen LogP) is -1.60. The fourth-order valence-electron chi connectivity index (χ4n) is 2.41. The van der Waals surface area contributed by atoms with E-state index in [0.717, 1.165) is 17.5 Å². The second kappa shape index (κ2) is 7.91. The van der Waals surface area contributed by atoms with E-state index in [9.17, 15) is 15.3 Å². The van der Waals surface area contributed by atoms with Gasteiger partial charge in [0.05, 0.1) is 25.6 Å². The highest BCUT2D eigenvalue weighted by molar-refractivity contribution is 5.20. The van der Waals surface area contributed by atoms with Gasteiger partial charge in [0.1, 0.15) is 24.4 Å². The van der Waals surface area contributed by atoms with Gasteiger partial charge in [0.15, 0.2) is 6.29 Å². The summed E-state index contributed by atoms with van der Waals surface area (Å²) in [5.41, 5.74) is 2.05. The first kappa shape index (κ1) is 17.2. The maximum Gasteiger partial charge on any atom is 0.186 e. The zero-order valence-corrected chi connectivity index (χ0v) is 12.4. The third-order valence-corrected chi connectivity index (χ3v) is 3.79. The molecule has 1 aromatic heterocycles. The van der Waals surface area contributed by atoms with Crippen molar-refractivity contribution in [1.29, 1.82) is 0 Å². The Labute approximate surface area is 128 Å². The van der Waals surface area contributed by atoms with Gasteiger partial charge in [-0.3, -0.25) is 0 Å². The van der Waals surface area contributed by atoms with Crippen LogP contribution in [-0.2, 0) is 22.3 Å². The Balaban J connectivity index is 1.90. The molecule has 124 valence electrons. The van der Waals surface area contributed by atoms with Gasteiger partial charge in [0, 0.05) is 0 Å². The molecule has 4 N–H and O–H groups in total. The van der Waals surface area contributed by atoms with Crippen LogP contribution in [0.15, 0.2) is 12.4 Å². The molecular weight excluding hydrogens is 292 g/mol. The molecule has 1 aliphatic rings. The molecule has 0 saturated carbocycles. The summed E-state index contributed by atoms with van der Waals surface area (Å²) in [7, 11) is 0. The van der Waals surface area contributed by atoms with E-state index in [-0.39, 0.29) is 6.61 Å². The van der Waals surface area contributed by atoms with Crippen molar-refractivity contribution in [3.8, 4) is 0 Å². The maximum absolute atomic E-state index is 9.86. The quantitative estimate of drug-likeness (QED) is 0.495. The highest BCUT2D eigenvalue weighted by atomic mass is 16.7. The lowest BCUT2D eigenvalue weighted by atomic mass is 9.99. The molecule has 2 rings (SSSR count). The number of hydrogen-bond donors (Lipinski definition) is 4. The molecule has 5 atom stereocenters. The van der Waals surface area contributed by atoms with E-state index in [1.165, 1.54) is 0 Å². The number of aryl methyl sites for hydroxylation is 1. The molecular formula is C14H22N2O6. The summed E-state index contributed by atoms with van der Waals surface area (Å²) in [4.78, 5) is 0. The lowest BCUT2D eigenvalue weighted by molar-refractivity contribution is -0.300. The molecule has 1 aliphatic heterocycles. The highest BCUT2D eigenvalue weighted by Gasteiger charge is 2.43. The van der Waals surface area contributed by atoms with E-state index < -0.39 is 37.3 Å². The van der Waals surface area contributed by atoms with Crippen LogP contribution in [0.4, 0.5) is 0 Å². The molecule has 2 heterocycles. The number of aromatic nitrogens is 2. The maximum atomic E-state index is 9.86. The fraction of sp³-hybridized carbons (Fsp3) is 0.714. The van der Waals surface area contributed by atoms with Gasteiger partial charge in [-0.05, 0) is 24.0 Å². The first-order valence-corrected chi connectivity index (χ1v) is 7.29. The second-order valence-electron chi connectivity index (χ2n) is 5.21. The molecule has 0 aromatic carbocycles. The van der Waals surface area contributed by atoms with E-state index in [0.29, 0.717) is 6.42 Å². The lowest BCUT2D eigenvalue weighted by Crippen LogP contribution is -2.59.